The lowest BCUT2D eigenvalue weighted by Crippen LogP contribution is -2.01. The van der Waals surface area contributed by atoms with Crippen molar-refractivity contribution in [1.82, 2.24) is 0 Å². The molecule has 1 heteroatoms. The minimum atomic E-state index is 0.136. The van der Waals surface area contributed by atoms with E-state index < -0.39 is 0 Å². The molecular weight excluding hydrogens is 172 g/mol. The van der Waals surface area contributed by atoms with Crippen LogP contribution in [0.5, 0.6) is 0 Å². The lowest BCUT2D eigenvalue weighted by molar-refractivity contribution is 0.101. The van der Waals surface area contributed by atoms with Gasteiger partial charge in [0.2, 0.25) is 0 Å². The number of allylic oxidation sites excluding steroid dienone is 2. The highest BCUT2D eigenvalue weighted by molar-refractivity contribution is 5.95. The Labute approximate surface area is 85.5 Å². The summed E-state index contributed by atoms with van der Waals surface area (Å²) in [5, 5.41) is 0. The third-order valence-corrected chi connectivity index (χ3v) is 2.31. The molecule has 0 radical (unpaired) electrons. The van der Waals surface area contributed by atoms with E-state index in [1.54, 1.807) is 6.92 Å². The van der Waals surface area contributed by atoms with Gasteiger partial charge in [-0.25, -0.2) is 0 Å². The number of rotatable bonds is 3. The van der Waals surface area contributed by atoms with E-state index in [-0.39, 0.29) is 5.78 Å². The number of ketones is 1. The Bertz CT molecular complexity index is 350. The van der Waals surface area contributed by atoms with E-state index in [1.165, 1.54) is 0 Å². The van der Waals surface area contributed by atoms with E-state index in [0.717, 1.165) is 11.1 Å². The van der Waals surface area contributed by atoms with Gasteiger partial charge in [-0.05, 0) is 25.3 Å². The zero-order chi connectivity index (χ0) is 10.6. The summed E-state index contributed by atoms with van der Waals surface area (Å²) in [6.45, 7) is 5.70. The summed E-state index contributed by atoms with van der Waals surface area (Å²) in [6.07, 6.45) is 4.11. The predicted octanol–water partition coefficient (Wildman–Crippen LogP) is 3.57. The van der Waals surface area contributed by atoms with Gasteiger partial charge in [0.1, 0.15) is 0 Å². The fourth-order valence-corrected chi connectivity index (χ4v) is 1.61. The number of hydrogen-bond acceptors (Lipinski definition) is 1. The second-order valence-corrected chi connectivity index (χ2v) is 3.46. The Kier molecular flexibility index (Phi) is 3.63. The van der Waals surface area contributed by atoms with Gasteiger partial charge in [0, 0.05) is 5.56 Å². The van der Waals surface area contributed by atoms with Crippen LogP contribution in [0.1, 0.15) is 42.6 Å². The summed E-state index contributed by atoms with van der Waals surface area (Å²) in [5.41, 5.74) is 1.94. The quantitative estimate of drug-likeness (QED) is 0.523. The van der Waals surface area contributed by atoms with Gasteiger partial charge >= 0.3 is 0 Å². The van der Waals surface area contributed by atoms with Crippen LogP contribution in [0.2, 0.25) is 0 Å². The van der Waals surface area contributed by atoms with Crippen molar-refractivity contribution in [2.75, 3.05) is 0 Å². The maximum absolute atomic E-state index is 11.4. The Hall–Kier alpha value is -1.37. The number of benzene rings is 1. The molecule has 1 atom stereocenters. The molecule has 0 aromatic heterocycles. The number of Topliss-reactive ketones (excluding diaryl/α,β-unsaturated/α-hetero) is 1. The van der Waals surface area contributed by atoms with Gasteiger partial charge in [-0.15, -0.1) is 0 Å². The number of carbonyl (C=O) groups excluding carboxylic acids is 1. The molecule has 0 saturated carbocycles. The molecule has 0 heterocycles. The SMILES string of the molecule is C/C=C/C(C)c1ccccc1C(C)=O. The molecule has 0 aliphatic rings. The third kappa shape index (κ3) is 2.32. The maximum atomic E-state index is 11.4. The van der Waals surface area contributed by atoms with Crippen molar-refractivity contribution < 1.29 is 4.79 Å². The zero-order valence-corrected chi connectivity index (χ0v) is 8.95. The van der Waals surface area contributed by atoms with E-state index in [1.807, 2.05) is 37.3 Å². The van der Waals surface area contributed by atoms with Gasteiger partial charge < -0.3 is 0 Å². The van der Waals surface area contributed by atoms with Crippen LogP contribution >= 0.6 is 0 Å². The molecule has 14 heavy (non-hydrogen) atoms. The molecule has 1 unspecified atom stereocenters. The molecule has 0 spiro atoms. The number of hydrogen-bond donors (Lipinski definition) is 0. The first-order valence-electron chi connectivity index (χ1n) is 4.89. The van der Waals surface area contributed by atoms with Crippen LogP contribution in [0, 0.1) is 0 Å². The maximum Gasteiger partial charge on any atom is 0.160 e. The molecule has 0 amide bonds. The lowest BCUT2D eigenvalue weighted by atomic mass is 9.93. The highest BCUT2D eigenvalue weighted by atomic mass is 16.1. The van der Waals surface area contributed by atoms with Crippen molar-refractivity contribution in [3.8, 4) is 0 Å². The average molecular weight is 188 g/mol. The van der Waals surface area contributed by atoms with Crippen LogP contribution in [-0.4, -0.2) is 5.78 Å². The van der Waals surface area contributed by atoms with Crippen LogP contribution in [-0.2, 0) is 0 Å². The predicted molar refractivity (Wildman–Crippen MR) is 59.7 cm³/mol. The smallest absolute Gasteiger partial charge is 0.160 e. The van der Waals surface area contributed by atoms with E-state index in [2.05, 4.69) is 13.0 Å². The summed E-state index contributed by atoms with van der Waals surface area (Å²) >= 11 is 0. The van der Waals surface area contributed by atoms with Crippen molar-refractivity contribution in [3.05, 3.63) is 47.5 Å². The first-order chi connectivity index (χ1) is 6.66. The fourth-order valence-electron chi connectivity index (χ4n) is 1.61. The van der Waals surface area contributed by atoms with Crippen molar-refractivity contribution in [2.45, 2.75) is 26.7 Å². The average Bonchev–Trinajstić information content (AvgIpc) is 2.18. The van der Waals surface area contributed by atoms with E-state index in [4.69, 9.17) is 0 Å². The minimum absolute atomic E-state index is 0.136. The van der Waals surface area contributed by atoms with Gasteiger partial charge in [-0.3, -0.25) is 4.79 Å². The van der Waals surface area contributed by atoms with E-state index in [0.29, 0.717) is 5.92 Å². The second-order valence-electron chi connectivity index (χ2n) is 3.46. The molecule has 0 aliphatic carbocycles. The molecule has 0 aliphatic heterocycles. The molecule has 0 fully saturated rings. The second kappa shape index (κ2) is 4.75. The topological polar surface area (TPSA) is 17.1 Å². The monoisotopic (exact) mass is 188 g/mol. The van der Waals surface area contributed by atoms with Crippen molar-refractivity contribution in [1.29, 1.82) is 0 Å². The minimum Gasteiger partial charge on any atom is -0.295 e. The lowest BCUT2D eigenvalue weighted by Gasteiger charge is -2.10. The normalized spacial score (nSPS) is 13.1. The van der Waals surface area contributed by atoms with Crippen molar-refractivity contribution in [2.24, 2.45) is 0 Å². The van der Waals surface area contributed by atoms with E-state index >= 15 is 0 Å². The van der Waals surface area contributed by atoms with E-state index in [9.17, 15) is 4.79 Å². The van der Waals surface area contributed by atoms with Gasteiger partial charge in [0.05, 0.1) is 0 Å². The molecule has 1 rings (SSSR count). The Morgan fingerprint density at radius 3 is 2.57 bits per heavy atom. The zero-order valence-electron chi connectivity index (χ0n) is 8.95. The molecular formula is C13H16O. The van der Waals surface area contributed by atoms with Crippen LogP contribution < -0.4 is 0 Å². The Balaban J connectivity index is 3.12. The first kappa shape index (κ1) is 10.7. The highest BCUT2D eigenvalue weighted by Gasteiger charge is 2.09. The third-order valence-electron chi connectivity index (χ3n) is 2.31. The van der Waals surface area contributed by atoms with Gasteiger partial charge in [-0.2, -0.15) is 0 Å². The number of carbonyl (C=O) groups is 1. The molecule has 0 N–H and O–H groups in total. The standard InChI is InChI=1S/C13H16O/c1-4-7-10(2)12-8-5-6-9-13(12)11(3)14/h4-10H,1-3H3/b7-4+. The molecule has 1 nitrogen and oxygen atoms in total. The van der Waals surface area contributed by atoms with Gasteiger partial charge in [-0.1, -0.05) is 43.3 Å². The van der Waals surface area contributed by atoms with Gasteiger partial charge in [0.25, 0.3) is 0 Å². The summed E-state index contributed by atoms with van der Waals surface area (Å²) in [4.78, 5) is 11.4. The Morgan fingerprint density at radius 1 is 1.36 bits per heavy atom. The van der Waals surface area contributed by atoms with Crippen molar-refractivity contribution in [3.63, 3.8) is 0 Å². The molecule has 0 saturated heterocycles. The van der Waals surface area contributed by atoms with Gasteiger partial charge in [0.15, 0.2) is 5.78 Å². The highest BCUT2D eigenvalue weighted by Crippen LogP contribution is 2.21. The largest absolute Gasteiger partial charge is 0.295 e. The Morgan fingerprint density at radius 2 is 2.00 bits per heavy atom. The summed E-state index contributed by atoms with van der Waals surface area (Å²) < 4.78 is 0. The van der Waals surface area contributed by atoms with Crippen LogP contribution in [0.25, 0.3) is 0 Å². The molecule has 1 aromatic carbocycles. The van der Waals surface area contributed by atoms with Crippen molar-refractivity contribution >= 4 is 5.78 Å². The van der Waals surface area contributed by atoms with Crippen LogP contribution in [0.15, 0.2) is 36.4 Å². The summed E-state index contributed by atoms with van der Waals surface area (Å²) in [7, 11) is 0. The summed E-state index contributed by atoms with van der Waals surface area (Å²) in [6, 6.07) is 7.78. The molecule has 1 aromatic rings. The fraction of sp³-hybridized carbons (Fsp3) is 0.308. The first-order valence-corrected chi connectivity index (χ1v) is 4.89. The molecule has 74 valence electrons. The summed E-state index contributed by atoms with van der Waals surface area (Å²) in [5.74, 6) is 0.442. The van der Waals surface area contributed by atoms with Crippen LogP contribution in [0.4, 0.5) is 0 Å². The molecule has 0 bridgehead atoms. The van der Waals surface area contributed by atoms with Crippen LogP contribution in [0.3, 0.4) is 0 Å².